The zero-order valence-electron chi connectivity index (χ0n) is 9.16. The highest BCUT2D eigenvalue weighted by Gasteiger charge is 2.07. The highest BCUT2D eigenvalue weighted by Crippen LogP contribution is 2.35. The van der Waals surface area contributed by atoms with E-state index in [4.69, 9.17) is 5.73 Å². The number of hydrogen-bond donors (Lipinski definition) is 1. The third kappa shape index (κ3) is 3.31. The van der Waals surface area contributed by atoms with Gasteiger partial charge >= 0.3 is 0 Å². The van der Waals surface area contributed by atoms with Crippen LogP contribution in [-0.2, 0) is 0 Å². The van der Waals surface area contributed by atoms with Crippen molar-refractivity contribution in [2.24, 2.45) is 0 Å². The molecule has 0 aliphatic rings. The van der Waals surface area contributed by atoms with Crippen molar-refractivity contribution in [3.8, 4) is 0 Å². The summed E-state index contributed by atoms with van der Waals surface area (Å²) < 4.78 is 0. The van der Waals surface area contributed by atoms with Crippen LogP contribution >= 0.6 is 7.92 Å². The summed E-state index contributed by atoms with van der Waals surface area (Å²) >= 11 is 0. The fourth-order valence-corrected chi connectivity index (χ4v) is 3.99. The average Bonchev–Trinajstić information content (AvgIpc) is 2.19. The second kappa shape index (κ2) is 6.03. The van der Waals surface area contributed by atoms with Gasteiger partial charge in [-0.2, -0.15) is 0 Å². The van der Waals surface area contributed by atoms with Gasteiger partial charge in [0.2, 0.25) is 0 Å². The average molecular weight is 209 g/mol. The minimum Gasteiger partial charge on any atom is -0.399 e. The van der Waals surface area contributed by atoms with E-state index in [9.17, 15) is 0 Å². The molecule has 0 heterocycles. The van der Waals surface area contributed by atoms with E-state index in [0.717, 1.165) is 5.69 Å². The zero-order valence-corrected chi connectivity index (χ0v) is 10.1. The van der Waals surface area contributed by atoms with Gasteiger partial charge in [-0.15, -0.1) is 0 Å². The zero-order chi connectivity index (χ0) is 10.4. The summed E-state index contributed by atoms with van der Waals surface area (Å²) in [6.45, 7) is 4.53. The standard InChI is InChI=1S/C12H20NP/c1-3-9-14(10-4-2)12-7-5-11(13)6-8-12/h5-8H,3-4,9-10,13H2,1-2H3. The number of anilines is 1. The Kier molecular flexibility index (Phi) is 4.97. The minimum absolute atomic E-state index is 0.0761. The lowest BCUT2D eigenvalue weighted by Crippen LogP contribution is -2.06. The van der Waals surface area contributed by atoms with Gasteiger partial charge in [-0.05, 0) is 29.8 Å². The lowest BCUT2D eigenvalue weighted by atomic mass is 10.3. The summed E-state index contributed by atoms with van der Waals surface area (Å²) in [4.78, 5) is 0. The van der Waals surface area contributed by atoms with Crippen LogP contribution in [0.4, 0.5) is 5.69 Å². The molecule has 2 N–H and O–H groups in total. The smallest absolute Gasteiger partial charge is 0.0314 e. The van der Waals surface area contributed by atoms with E-state index in [-0.39, 0.29) is 7.92 Å². The highest BCUT2D eigenvalue weighted by atomic mass is 31.1. The molecule has 1 aromatic rings. The molecule has 1 aromatic carbocycles. The van der Waals surface area contributed by atoms with Crippen LogP contribution in [0.3, 0.4) is 0 Å². The predicted molar refractivity (Wildman–Crippen MR) is 67.7 cm³/mol. The second-order valence-corrected chi connectivity index (χ2v) is 6.07. The van der Waals surface area contributed by atoms with Crippen LogP contribution in [0.15, 0.2) is 24.3 Å². The van der Waals surface area contributed by atoms with Gasteiger partial charge in [-0.3, -0.25) is 0 Å². The van der Waals surface area contributed by atoms with Crippen molar-refractivity contribution in [3.63, 3.8) is 0 Å². The van der Waals surface area contributed by atoms with Gasteiger partial charge < -0.3 is 5.73 Å². The molecule has 0 aliphatic heterocycles. The van der Waals surface area contributed by atoms with Gasteiger partial charge in [0.25, 0.3) is 0 Å². The first-order valence-corrected chi connectivity index (χ1v) is 7.09. The molecule has 1 rings (SSSR count). The van der Waals surface area contributed by atoms with Crippen LogP contribution in [0.2, 0.25) is 0 Å². The van der Waals surface area contributed by atoms with E-state index in [0.29, 0.717) is 0 Å². The number of benzene rings is 1. The van der Waals surface area contributed by atoms with E-state index < -0.39 is 0 Å². The fraction of sp³-hybridized carbons (Fsp3) is 0.500. The van der Waals surface area contributed by atoms with Crippen LogP contribution in [-0.4, -0.2) is 12.3 Å². The molecule has 0 bridgehead atoms. The first kappa shape index (κ1) is 11.5. The van der Waals surface area contributed by atoms with Crippen LogP contribution < -0.4 is 11.0 Å². The molecule has 14 heavy (non-hydrogen) atoms. The molecule has 0 aromatic heterocycles. The Morgan fingerprint density at radius 3 is 1.93 bits per heavy atom. The molecule has 0 atom stereocenters. The molecule has 0 radical (unpaired) electrons. The van der Waals surface area contributed by atoms with E-state index in [1.54, 1.807) is 0 Å². The highest BCUT2D eigenvalue weighted by molar-refractivity contribution is 7.65. The lowest BCUT2D eigenvalue weighted by Gasteiger charge is -2.16. The number of rotatable bonds is 5. The Hall–Kier alpha value is -0.550. The third-order valence-electron chi connectivity index (χ3n) is 2.25. The van der Waals surface area contributed by atoms with Crippen LogP contribution in [0.5, 0.6) is 0 Å². The van der Waals surface area contributed by atoms with E-state index in [1.807, 2.05) is 12.1 Å². The van der Waals surface area contributed by atoms with Crippen molar-refractivity contribution >= 4 is 18.9 Å². The Labute approximate surface area is 88.5 Å². The molecule has 0 fully saturated rings. The Morgan fingerprint density at radius 1 is 1.00 bits per heavy atom. The molecule has 0 unspecified atom stereocenters. The van der Waals surface area contributed by atoms with E-state index in [2.05, 4.69) is 26.0 Å². The summed E-state index contributed by atoms with van der Waals surface area (Å²) in [6.07, 6.45) is 5.28. The number of hydrogen-bond acceptors (Lipinski definition) is 1. The topological polar surface area (TPSA) is 26.0 Å². The normalized spacial score (nSPS) is 10.8. The molecule has 0 saturated heterocycles. The largest absolute Gasteiger partial charge is 0.399 e. The van der Waals surface area contributed by atoms with E-state index in [1.165, 1.54) is 30.5 Å². The molecule has 0 saturated carbocycles. The predicted octanol–water partition coefficient (Wildman–Crippen LogP) is 3.20. The Bertz CT molecular complexity index is 250. The summed E-state index contributed by atoms with van der Waals surface area (Å²) in [6, 6.07) is 8.45. The number of nitrogen functional groups attached to an aromatic ring is 1. The summed E-state index contributed by atoms with van der Waals surface area (Å²) in [7, 11) is 0.0761. The van der Waals surface area contributed by atoms with E-state index >= 15 is 0 Å². The molecule has 1 nitrogen and oxygen atoms in total. The summed E-state index contributed by atoms with van der Waals surface area (Å²) in [5.41, 5.74) is 6.55. The maximum atomic E-state index is 5.68. The lowest BCUT2D eigenvalue weighted by molar-refractivity contribution is 1.06. The molecule has 0 spiro atoms. The Balaban J connectivity index is 2.71. The molecule has 78 valence electrons. The van der Waals surface area contributed by atoms with Gasteiger partial charge in [0, 0.05) is 5.69 Å². The van der Waals surface area contributed by atoms with Crippen LogP contribution in [0.1, 0.15) is 26.7 Å². The van der Waals surface area contributed by atoms with Gasteiger partial charge in [0.15, 0.2) is 0 Å². The van der Waals surface area contributed by atoms with Gasteiger partial charge in [-0.1, -0.05) is 46.7 Å². The SMILES string of the molecule is CCCP(CCC)c1ccc(N)cc1. The molecular weight excluding hydrogens is 189 g/mol. The second-order valence-electron chi connectivity index (χ2n) is 3.58. The first-order chi connectivity index (χ1) is 6.77. The van der Waals surface area contributed by atoms with Gasteiger partial charge in [0.05, 0.1) is 0 Å². The molecule has 0 aliphatic carbocycles. The van der Waals surface area contributed by atoms with Gasteiger partial charge in [0.1, 0.15) is 0 Å². The number of nitrogens with two attached hydrogens (primary N) is 1. The summed E-state index contributed by atoms with van der Waals surface area (Å²) in [5, 5.41) is 1.51. The van der Waals surface area contributed by atoms with Crippen molar-refractivity contribution in [3.05, 3.63) is 24.3 Å². The van der Waals surface area contributed by atoms with Crippen molar-refractivity contribution in [1.82, 2.24) is 0 Å². The van der Waals surface area contributed by atoms with Gasteiger partial charge in [-0.25, -0.2) is 0 Å². The minimum atomic E-state index is 0.0761. The van der Waals surface area contributed by atoms with Crippen LogP contribution in [0, 0.1) is 0 Å². The maximum Gasteiger partial charge on any atom is 0.0314 e. The van der Waals surface area contributed by atoms with Crippen LogP contribution in [0.25, 0.3) is 0 Å². The monoisotopic (exact) mass is 209 g/mol. The third-order valence-corrected chi connectivity index (χ3v) is 5.25. The summed E-state index contributed by atoms with van der Waals surface area (Å²) in [5.74, 6) is 0. The molecule has 2 heteroatoms. The quantitative estimate of drug-likeness (QED) is 0.585. The van der Waals surface area contributed by atoms with Crippen molar-refractivity contribution < 1.29 is 0 Å². The molecule has 0 amide bonds. The first-order valence-electron chi connectivity index (χ1n) is 5.38. The fourth-order valence-electron chi connectivity index (χ4n) is 1.59. The molecular formula is C12H20NP. The Morgan fingerprint density at radius 2 is 1.50 bits per heavy atom. The van der Waals surface area contributed by atoms with Crippen molar-refractivity contribution in [2.75, 3.05) is 18.1 Å². The van der Waals surface area contributed by atoms with Crippen molar-refractivity contribution in [2.45, 2.75) is 26.7 Å². The maximum absolute atomic E-state index is 5.68. The van der Waals surface area contributed by atoms with Crippen molar-refractivity contribution in [1.29, 1.82) is 0 Å².